The highest BCUT2D eigenvalue weighted by Gasteiger charge is 2.15. The molecule has 0 spiro atoms. The van der Waals surface area contributed by atoms with Gasteiger partial charge in [-0.3, -0.25) is 0 Å². The van der Waals surface area contributed by atoms with Crippen LogP contribution < -0.4 is 4.74 Å². The van der Waals surface area contributed by atoms with Crippen LogP contribution in [0.1, 0.15) is 39.9 Å². The molecule has 1 atom stereocenters. The van der Waals surface area contributed by atoms with E-state index in [-0.39, 0.29) is 11.3 Å². The smallest absolute Gasteiger partial charge is 0.343 e. The molecule has 3 rings (SSSR count). The molecule has 0 N–H and O–H groups in total. The maximum atomic E-state index is 13.6. The predicted molar refractivity (Wildman–Crippen MR) is 101 cm³/mol. The summed E-state index contributed by atoms with van der Waals surface area (Å²) >= 11 is 0. The van der Waals surface area contributed by atoms with Gasteiger partial charge in [-0.1, -0.05) is 49.4 Å². The highest BCUT2D eigenvalue weighted by atomic mass is 19.1. The lowest BCUT2D eigenvalue weighted by Crippen LogP contribution is -2.09. The summed E-state index contributed by atoms with van der Waals surface area (Å²) in [6.07, 6.45) is 0.811. The van der Waals surface area contributed by atoms with Crippen LogP contribution >= 0.6 is 0 Å². The first kappa shape index (κ1) is 19.2. The zero-order valence-electron chi connectivity index (χ0n) is 15.2. The molecule has 0 fully saturated rings. The molecular formula is C23H17F2NO2. The van der Waals surface area contributed by atoms with Crippen molar-refractivity contribution in [2.45, 2.75) is 19.3 Å². The Morgan fingerprint density at radius 2 is 1.64 bits per heavy atom. The van der Waals surface area contributed by atoms with Crippen LogP contribution in [-0.4, -0.2) is 5.97 Å². The highest BCUT2D eigenvalue weighted by Crippen LogP contribution is 2.22. The molecule has 0 aliphatic heterocycles. The maximum Gasteiger partial charge on any atom is 0.343 e. The van der Waals surface area contributed by atoms with Crippen molar-refractivity contribution < 1.29 is 18.3 Å². The van der Waals surface area contributed by atoms with E-state index >= 15 is 0 Å². The Morgan fingerprint density at radius 3 is 2.21 bits per heavy atom. The largest absolute Gasteiger partial charge is 0.423 e. The van der Waals surface area contributed by atoms with E-state index in [1.165, 1.54) is 11.6 Å². The van der Waals surface area contributed by atoms with Crippen molar-refractivity contribution in [2.75, 3.05) is 0 Å². The first-order valence-electron chi connectivity index (χ1n) is 8.73. The Hall–Kier alpha value is -3.52. The van der Waals surface area contributed by atoms with Crippen LogP contribution in [0.4, 0.5) is 8.78 Å². The summed E-state index contributed by atoms with van der Waals surface area (Å²) in [5.41, 5.74) is 1.84. The van der Waals surface area contributed by atoms with E-state index in [0.717, 1.165) is 24.1 Å². The van der Waals surface area contributed by atoms with Gasteiger partial charge in [0.15, 0.2) is 0 Å². The number of nitrogens with zero attached hydrogens (tertiary/aromatic N) is 1. The minimum absolute atomic E-state index is 0.265. The van der Waals surface area contributed by atoms with Crippen LogP contribution in [0.2, 0.25) is 0 Å². The second-order valence-electron chi connectivity index (χ2n) is 6.48. The summed E-state index contributed by atoms with van der Waals surface area (Å²) in [5, 5.41) is 8.67. The number of halogens is 2. The summed E-state index contributed by atoms with van der Waals surface area (Å²) in [6, 6.07) is 20.1. The zero-order valence-corrected chi connectivity index (χ0v) is 15.2. The molecule has 0 unspecified atom stereocenters. The van der Waals surface area contributed by atoms with Crippen molar-refractivity contribution in [3.63, 3.8) is 0 Å². The minimum Gasteiger partial charge on any atom is -0.423 e. The second-order valence-corrected chi connectivity index (χ2v) is 6.48. The number of rotatable bonds is 5. The van der Waals surface area contributed by atoms with Crippen LogP contribution in [0.25, 0.3) is 0 Å². The predicted octanol–water partition coefficient (Wildman–Crippen LogP) is 5.40. The van der Waals surface area contributed by atoms with Crippen molar-refractivity contribution in [1.82, 2.24) is 0 Å². The van der Waals surface area contributed by atoms with Crippen LogP contribution in [0.3, 0.4) is 0 Å². The van der Waals surface area contributed by atoms with Crippen LogP contribution in [0, 0.1) is 23.0 Å². The van der Waals surface area contributed by atoms with Gasteiger partial charge in [-0.15, -0.1) is 0 Å². The molecule has 3 aromatic rings. The molecule has 0 saturated heterocycles. The molecule has 0 saturated carbocycles. The fraction of sp³-hybridized carbons (Fsp3) is 0.130. The first-order valence-corrected chi connectivity index (χ1v) is 8.73. The molecule has 0 radical (unpaired) electrons. The maximum absolute atomic E-state index is 13.6. The number of nitriles is 1. The molecule has 140 valence electrons. The Bertz CT molecular complexity index is 1000. The number of esters is 1. The molecular weight excluding hydrogens is 360 g/mol. The molecule has 0 aliphatic carbocycles. The van der Waals surface area contributed by atoms with Gasteiger partial charge in [-0.25, -0.2) is 13.6 Å². The fourth-order valence-electron chi connectivity index (χ4n) is 2.91. The Balaban J connectivity index is 1.68. The third-order valence-electron chi connectivity index (χ3n) is 4.44. The lowest BCUT2D eigenvalue weighted by molar-refractivity contribution is 0.0734. The number of hydrogen-bond donors (Lipinski definition) is 0. The number of carbonyl (C=O) groups excluding carboxylic acids is 1. The Kier molecular flexibility index (Phi) is 5.81. The van der Waals surface area contributed by atoms with Crippen LogP contribution in [-0.2, 0) is 6.42 Å². The first-order chi connectivity index (χ1) is 13.5. The second kappa shape index (κ2) is 8.45. The molecule has 3 nitrogen and oxygen atoms in total. The molecule has 5 heteroatoms. The van der Waals surface area contributed by atoms with Crippen molar-refractivity contribution in [3.05, 3.63) is 101 Å². The Labute approximate surface area is 161 Å². The lowest BCUT2D eigenvalue weighted by Gasteiger charge is -2.12. The third-order valence-corrected chi connectivity index (χ3v) is 4.44. The normalized spacial score (nSPS) is 11.5. The van der Waals surface area contributed by atoms with Gasteiger partial charge in [0.25, 0.3) is 0 Å². The quantitative estimate of drug-likeness (QED) is 0.442. The van der Waals surface area contributed by atoms with E-state index in [9.17, 15) is 13.6 Å². The van der Waals surface area contributed by atoms with Crippen molar-refractivity contribution in [2.24, 2.45) is 0 Å². The average Bonchev–Trinajstić information content (AvgIpc) is 2.69. The summed E-state index contributed by atoms with van der Waals surface area (Å²) in [4.78, 5) is 12.2. The summed E-state index contributed by atoms with van der Waals surface area (Å²) in [7, 11) is 0. The summed E-state index contributed by atoms with van der Waals surface area (Å²) < 4.78 is 32.3. The zero-order chi connectivity index (χ0) is 20.1. The molecule has 0 amide bonds. The van der Waals surface area contributed by atoms with Crippen molar-refractivity contribution >= 4 is 5.97 Å². The number of benzene rings is 3. The SMILES string of the molecule is C[C@H](Cc1ccc(C(=O)Oc2cc(F)c(C#N)c(F)c2)cc1)c1ccccc1. The van der Waals surface area contributed by atoms with Gasteiger partial charge in [0.2, 0.25) is 0 Å². The molecule has 0 heterocycles. The molecule has 0 bridgehead atoms. The minimum atomic E-state index is -1.07. The van der Waals surface area contributed by atoms with E-state index in [1.807, 2.05) is 30.3 Å². The number of carbonyl (C=O) groups is 1. The van der Waals surface area contributed by atoms with Gasteiger partial charge in [-0.2, -0.15) is 5.26 Å². The van der Waals surface area contributed by atoms with E-state index in [1.54, 1.807) is 12.1 Å². The topological polar surface area (TPSA) is 50.1 Å². The van der Waals surface area contributed by atoms with Gasteiger partial charge < -0.3 is 4.74 Å². The number of ether oxygens (including phenoxy) is 1. The Morgan fingerprint density at radius 1 is 1.04 bits per heavy atom. The standard InChI is InChI=1S/C23H17F2NO2/c1-15(17-5-3-2-4-6-17)11-16-7-9-18(10-8-16)23(27)28-19-12-21(24)20(14-26)22(25)13-19/h2-10,12-13,15H,11H2,1H3/t15-/m1/s1. The van der Waals surface area contributed by atoms with Gasteiger partial charge in [0.1, 0.15) is 29.0 Å². The molecule has 3 aromatic carbocycles. The van der Waals surface area contributed by atoms with E-state index < -0.39 is 23.2 Å². The average molecular weight is 377 g/mol. The van der Waals surface area contributed by atoms with Crippen LogP contribution in [0.5, 0.6) is 5.75 Å². The summed E-state index contributed by atoms with van der Waals surface area (Å²) in [6.45, 7) is 2.13. The summed E-state index contributed by atoms with van der Waals surface area (Å²) in [5.74, 6) is -2.85. The third kappa shape index (κ3) is 4.41. The molecule has 0 aromatic heterocycles. The lowest BCUT2D eigenvalue weighted by atomic mass is 9.93. The van der Waals surface area contributed by atoms with Gasteiger partial charge in [-0.05, 0) is 35.6 Å². The number of hydrogen-bond acceptors (Lipinski definition) is 3. The van der Waals surface area contributed by atoms with Gasteiger partial charge in [0.05, 0.1) is 5.56 Å². The van der Waals surface area contributed by atoms with E-state index in [2.05, 4.69) is 19.1 Å². The van der Waals surface area contributed by atoms with Crippen molar-refractivity contribution in [1.29, 1.82) is 5.26 Å². The van der Waals surface area contributed by atoms with Crippen molar-refractivity contribution in [3.8, 4) is 11.8 Å². The van der Waals surface area contributed by atoms with E-state index in [4.69, 9.17) is 10.00 Å². The fourth-order valence-corrected chi connectivity index (χ4v) is 2.91. The molecule has 28 heavy (non-hydrogen) atoms. The highest BCUT2D eigenvalue weighted by molar-refractivity contribution is 5.91. The van der Waals surface area contributed by atoms with E-state index in [0.29, 0.717) is 5.92 Å². The van der Waals surface area contributed by atoms with Crippen LogP contribution in [0.15, 0.2) is 66.7 Å². The van der Waals surface area contributed by atoms with Gasteiger partial charge >= 0.3 is 5.97 Å². The molecule has 0 aliphatic rings. The monoisotopic (exact) mass is 377 g/mol. The van der Waals surface area contributed by atoms with Gasteiger partial charge in [0, 0.05) is 12.1 Å².